The Hall–Kier alpha value is -1.43. The summed E-state index contributed by atoms with van der Waals surface area (Å²) in [6.45, 7) is 0. The van der Waals surface area contributed by atoms with Crippen molar-refractivity contribution in [3.8, 4) is 0 Å². The van der Waals surface area contributed by atoms with Gasteiger partial charge in [0.15, 0.2) is 0 Å². The van der Waals surface area contributed by atoms with Crippen molar-refractivity contribution in [1.82, 2.24) is 15.5 Å². The van der Waals surface area contributed by atoms with E-state index in [0.29, 0.717) is 17.7 Å². The smallest absolute Gasteiger partial charge is 0.292 e. The summed E-state index contributed by atoms with van der Waals surface area (Å²) in [5, 5.41) is 6.17. The third-order valence-electron chi connectivity index (χ3n) is 4.14. The van der Waals surface area contributed by atoms with Gasteiger partial charge in [-0.25, -0.2) is 0 Å². The number of carbonyl (C=O) groups excluding carboxylic acids is 1. The largest absolute Gasteiger partial charge is 0.352 e. The van der Waals surface area contributed by atoms with Gasteiger partial charge in [-0.15, -0.1) is 0 Å². The molecular formula is C11H16N4O2. The maximum Gasteiger partial charge on any atom is 0.292 e. The van der Waals surface area contributed by atoms with E-state index in [-0.39, 0.29) is 23.7 Å². The zero-order valence-electron chi connectivity index (χ0n) is 9.72. The van der Waals surface area contributed by atoms with E-state index in [1.54, 1.807) is 7.05 Å². The number of carbonyl (C=O) groups is 1. The van der Waals surface area contributed by atoms with Crippen LogP contribution in [-0.2, 0) is 0 Å². The minimum absolute atomic E-state index is 0.0949. The van der Waals surface area contributed by atoms with Crippen molar-refractivity contribution in [3.05, 3.63) is 11.7 Å². The molecule has 6 heteroatoms. The van der Waals surface area contributed by atoms with Crippen molar-refractivity contribution in [3.63, 3.8) is 0 Å². The maximum absolute atomic E-state index is 11.4. The number of nitrogens with one attached hydrogen (secondary N) is 1. The van der Waals surface area contributed by atoms with Crippen LogP contribution in [0.5, 0.6) is 0 Å². The Bertz CT molecular complexity index is 442. The first kappa shape index (κ1) is 10.7. The van der Waals surface area contributed by atoms with E-state index in [9.17, 15) is 4.79 Å². The number of hydrogen-bond acceptors (Lipinski definition) is 5. The number of rotatable bonds is 2. The summed E-state index contributed by atoms with van der Waals surface area (Å²) in [6, 6.07) is 0.103. The summed E-state index contributed by atoms with van der Waals surface area (Å²) in [7, 11) is 1.54. The molecule has 4 atom stereocenters. The molecule has 0 aromatic carbocycles. The van der Waals surface area contributed by atoms with E-state index in [4.69, 9.17) is 10.3 Å². The van der Waals surface area contributed by atoms with Crippen LogP contribution in [-0.4, -0.2) is 29.1 Å². The van der Waals surface area contributed by atoms with Gasteiger partial charge in [0.25, 0.3) is 11.7 Å². The van der Waals surface area contributed by atoms with Gasteiger partial charge in [-0.3, -0.25) is 4.79 Å². The average Bonchev–Trinajstić information content (AvgIpc) is 3.01. The van der Waals surface area contributed by atoms with E-state index in [0.717, 1.165) is 6.42 Å². The predicted octanol–water partition coefficient (Wildman–Crippen LogP) is 0.270. The van der Waals surface area contributed by atoms with Crippen LogP contribution in [0.1, 0.15) is 41.7 Å². The molecule has 2 saturated carbocycles. The van der Waals surface area contributed by atoms with Crippen LogP contribution in [0.25, 0.3) is 0 Å². The molecule has 1 amide bonds. The summed E-state index contributed by atoms with van der Waals surface area (Å²) < 4.78 is 5.19. The van der Waals surface area contributed by atoms with Crippen molar-refractivity contribution in [2.45, 2.75) is 31.2 Å². The fourth-order valence-electron chi connectivity index (χ4n) is 3.28. The summed E-state index contributed by atoms with van der Waals surface area (Å²) in [5.41, 5.74) is 6.19. The molecule has 3 rings (SSSR count). The van der Waals surface area contributed by atoms with Gasteiger partial charge in [-0.05, 0) is 31.1 Å². The highest BCUT2D eigenvalue weighted by molar-refractivity contribution is 5.89. The third-order valence-corrected chi connectivity index (χ3v) is 4.14. The number of hydrogen-bond donors (Lipinski definition) is 2. The van der Waals surface area contributed by atoms with Crippen LogP contribution in [0.3, 0.4) is 0 Å². The predicted molar refractivity (Wildman–Crippen MR) is 59.2 cm³/mol. The van der Waals surface area contributed by atoms with Gasteiger partial charge >= 0.3 is 0 Å². The first-order valence-corrected chi connectivity index (χ1v) is 6.02. The molecule has 92 valence electrons. The Morgan fingerprint density at radius 1 is 1.47 bits per heavy atom. The molecule has 2 aliphatic carbocycles. The quantitative estimate of drug-likeness (QED) is 0.768. The lowest BCUT2D eigenvalue weighted by Gasteiger charge is -2.24. The summed E-state index contributed by atoms with van der Waals surface area (Å²) in [6.07, 6.45) is 3.54. The van der Waals surface area contributed by atoms with Gasteiger partial charge in [-0.1, -0.05) is 5.16 Å². The average molecular weight is 236 g/mol. The normalized spacial score (nSPS) is 35.2. The molecule has 2 bridgehead atoms. The molecule has 6 nitrogen and oxygen atoms in total. The number of aromatic nitrogens is 2. The molecular weight excluding hydrogens is 220 g/mol. The number of fused-ring (bicyclic) bond motifs is 2. The van der Waals surface area contributed by atoms with E-state index in [1.807, 2.05) is 0 Å². The first-order chi connectivity index (χ1) is 8.20. The SMILES string of the molecule is CNC(=O)c1noc(C2C3CCC(C3)C2N)n1. The first-order valence-electron chi connectivity index (χ1n) is 6.02. The van der Waals surface area contributed by atoms with Crippen molar-refractivity contribution < 1.29 is 9.32 Å². The van der Waals surface area contributed by atoms with Gasteiger partial charge in [0.05, 0.1) is 5.92 Å². The highest BCUT2D eigenvalue weighted by atomic mass is 16.5. The third kappa shape index (κ3) is 1.55. The Morgan fingerprint density at radius 2 is 2.24 bits per heavy atom. The number of amides is 1. The molecule has 0 saturated heterocycles. The number of nitrogens with zero attached hydrogens (tertiary/aromatic N) is 2. The second-order valence-corrected chi connectivity index (χ2v) is 4.97. The van der Waals surface area contributed by atoms with Crippen LogP contribution < -0.4 is 11.1 Å². The number of nitrogens with two attached hydrogens (primary N) is 1. The Kier molecular flexibility index (Phi) is 2.39. The monoisotopic (exact) mass is 236 g/mol. The van der Waals surface area contributed by atoms with Crippen LogP contribution in [0.2, 0.25) is 0 Å². The summed E-state index contributed by atoms with van der Waals surface area (Å²) >= 11 is 0. The summed E-state index contributed by atoms with van der Waals surface area (Å²) in [5.74, 6) is 1.57. The van der Waals surface area contributed by atoms with E-state index < -0.39 is 0 Å². The molecule has 17 heavy (non-hydrogen) atoms. The Labute approximate surface area is 98.9 Å². The second-order valence-electron chi connectivity index (χ2n) is 4.97. The Balaban J connectivity index is 1.85. The fraction of sp³-hybridized carbons (Fsp3) is 0.727. The van der Waals surface area contributed by atoms with Crippen LogP contribution >= 0.6 is 0 Å². The van der Waals surface area contributed by atoms with Gasteiger partial charge in [0, 0.05) is 13.1 Å². The standard InChI is InChI=1S/C11H16N4O2/c1-13-10(16)9-14-11(17-15-9)7-5-2-3-6(4-5)8(7)12/h5-8H,2-4,12H2,1H3,(H,13,16). The molecule has 3 N–H and O–H groups in total. The second kappa shape index (κ2) is 3.80. The van der Waals surface area contributed by atoms with E-state index in [2.05, 4.69) is 15.5 Å². The lowest BCUT2D eigenvalue weighted by Crippen LogP contribution is -2.34. The van der Waals surface area contributed by atoms with Crippen LogP contribution in [0.15, 0.2) is 4.52 Å². The van der Waals surface area contributed by atoms with Crippen molar-refractivity contribution in [2.24, 2.45) is 17.6 Å². The van der Waals surface area contributed by atoms with Crippen LogP contribution in [0.4, 0.5) is 0 Å². The molecule has 4 unspecified atom stereocenters. The zero-order valence-corrected chi connectivity index (χ0v) is 9.72. The molecule has 2 aliphatic rings. The molecule has 0 aliphatic heterocycles. The molecule has 2 fully saturated rings. The lowest BCUT2D eigenvalue weighted by atomic mass is 9.85. The van der Waals surface area contributed by atoms with E-state index in [1.165, 1.54) is 12.8 Å². The molecule has 1 heterocycles. The van der Waals surface area contributed by atoms with Crippen LogP contribution in [0, 0.1) is 11.8 Å². The van der Waals surface area contributed by atoms with Crippen molar-refractivity contribution >= 4 is 5.91 Å². The Morgan fingerprint density at radius 3 is 2.88 bits per heavy atom. The van der Waals surface area contributed by atoms with Crippen molar-refractivity contribution in [2.75, 3.05) is 7.05 Å². The van der Waals surface area contributed by atoms with Gasteiger partial charge in [-0.2, -0.15) is 4.98 Å². The van der Waals surface area contributed by atoms with Gasteiger partial charge in [0.1, 0.15) is 0 Å². The summed E-state index contributed by atoms with van der Waals surface area (Å²) in [4.78, 5) is 15.5. The minimum Gasteiger partial charge on any atom is -0.352 e. The molecule has 0 spiro atoms. The highest BCUT2D eigenvalue weighted by Crippen LogP contribution is 2.51. The lowest BCUT2D eigenvalue weighted by molar-refractivity contribution is 0.0950. The van der Waals surface area contributed by atoms with Crippen molar-refractivity contribution in [1.29, 1.82) is 0 Å². The zero-order chi connectivity index (χ0) is 12.0. The molecule has 1 aromatic rings. The van der Waals surface area contributed by atoms with Gasteiger partial charge < -0.3 is 15.6 Å². The topological polar surface area (TPSA) is 94.0 Å². The van der Waals surface area contributed by atoms with E-state index >= 15 is 0 Å². The maximum atomic E-state index is 11.4. The molecule has 1 aromatic heterocycles. The van der Waals surface area contributed by atoms with Gasteiger partial charge in [0.2, 0.25) is 5.89 Å². The highest BCUT2D eigenvalue weighted by Gasteiger charge is 2.49. The minimum atomic E-state index is -0.322. The molecule has 0 radical (unpaired) electrons. The fourth-order valence-corrected chi connectivity index (χ4v) is 3.28.